The van der Waals surface area contributed by atoms with Crippen molar-refractivity contribution in [1.82, 2.24) is 19.9 Å². The predicted molar refractivity (Wildman–Crippen MR) is 102 cm³/mol. The summed E-state index contributed by atoms with van der Waals surface area (Å²) in [7, 11) is 1.88. The van der Waals surface area contributed by atoms with Gasteiger partial charge in [-0.25, -0.2) is 9.97 Å². The minimum absolute atomic E-state index is 0.0559. The zero-order chi connectivity index (χ0) is 17.9. The van der Waals surface area contributed by atoms with E-state index in [1.54, 1.807) is 0 Å². The van der Waals surface area contributed by atoms with E-state index in [0.717, 1.165) is 42.5 Å². The number of aromatic nitrogens is 3. The molecular formula is C20H23N5O. The molecule has 0 spiro atoms. The molecule has 134 valence electrons. The highest BCUT2D eigenvalue weighted by Crippen LogP contribution is 2.25. The molecule has 0 radical (unpaired) electrons. The highest BCUT2D eigenvalue weighted by atomic mass is 16.5. The van der Waals surface area contributed by atoms with Gasteiger partial charge in [-0.05, 0) is 30.7 Å². The lowest BCUT2D eigenvalue weighted by Crippen LogP contribution is -2.40. The number of anilines is 1. The lowest BCUT2D eigenvalue weighted by molar-refractivity contribution is -0.0159. The number of ether oxygens (including phenoxy) is 1. The highest BCUT2D eigenvalue weighted by Gasteiger charge is 2.27. The Morgan fingerprint density at radius 1 is 1.23 bits per heavy atom. The van der Waals surface area contributed by atoms with E-state index in [1.807, 2.05) is 32.3 Å². The van der Waals surface area contributed by atoms with E-state index < -0.39 is 0 Å². The van der Waals surface area contributed by atoms with Crippen molar-refractivity contribution in [2.24, 2.45) is 0 Å². The molecule has 26 heavy (non-hydrogen) atoms. The summed E-state index contributed by atoms with van der Waals surface area (Å²) >= 11 is 0. The summed E-state index contributed by atoms with van der Waals surface area (Å²) in [4.78, 5) is 16.1. The number of fused-ring (bicyclic) bond motifs is 1. The fourth-order valence-electron chi connectivity index (χ4n) is 3.39. The van der Waals surface area contributed by atoms with Crippen molar-refractivity contribution in [2.75, 3.05) is 32.1 Å². The Bertz CT molecular complexity index is 914. The third-order valence-corrected chi connectivity index (χ3v) is 4.72. The SMILES string of the molecule is CNc1cc(C)nc([C@H]2COCCN2Cc2ccc3ncccc3c2)n1. The summed E-state index contributed by atoms with van der Waals surface area (Å²) in [6.45, 7) is 5.04. The van der Waals surface area contributed by atoms with E-state index in [-0.39, 0.29) is 6.04 Å². The minimum Gasteiger partial charge on any atom is -0.378 e. The van der Waals surface area contributed by atoms with Gasteiger partial charge in [0.2, 0.25) is 0 Å². The van der Waals surface area contributed by atoms with Gasteiger partial charge in [0.05, 0.1) is 24.8 Å². The van der Waals surface area contributed by atoms with Gasteiger partial charge in [0.1, 0.15) is 11.6 Å². The van der Waals surface area contributed by atoms with Crippen molar-refractivity contribution in [3.05, 3.63) is 59.7 Å². The minimum atomic E-state index is 0.0559. The number of nitrogens with one attached hydrogen (secondary N) is 1. The topological polar surface area (TPSA) is 63.2 Å². The van der Waals surface area contributed by atoms with Crippen LogP contribution in [0.1, 0.15) is 23.1 Å². The number of benzene rings is 1. The Balaban J connectivity index is 1.61. The van der Waals surface area contributed by atoms with E-state index in [0.29, 0.717) is 6.61 Å². The quantitative estimate of drug-likeness (QED) is 0.781. The standard InChI is InChI=1S/C20H23N5O/c1-14-10-19(21-2)24-20(23-14)18-13-26-9-8-25(18)12-15-5-6-17-16(11-15)4-3-7-22-17/h3-7,10-11,18H,8-9,12-13H2,1-2H3,(H,21,23,24)/t18-/m1/s1. The molecule has 1 fully saturated rings. The van der Waals surface area contributed by atoms with Gasteiger partial charge in [-0.3, -0.25) is 9.88 Å². The molecule has 1 aliphatic heterocycles. The van der Waals surface area contributed by atoms with Crippen LogP contribution in [0.25, 0.3) is 10.9 Å². The van der Waals surface area contributed by atoms with Crippen molar-refractivity contribution in [3.8, 4) is 0 Å². The molecule has 1 aromatic carbocycles. The van der Waals surface area contributed by atoms with Gasteiger partial charge in [-0.2, -0.15) is 0 Å². The molecule has 3 heterocycles. The van der Waals surface area contributed by atoms with Crippen LogP contribution in [0.5, 0.6) is 0 Å². The average molecular weight is 349 g/mol. The van der Waals surface area contributed by atoms with Crippen LogP contribution < -0.4 is 5.32 Å². The summed E-state index contributed by atoms with van der Waals surface area (Å²) in [5, 5.41) is 4.28. The lowest BCUT2D eigenvalue weighted by Gasteiger charge is -2.34. The normalized spacial score (nSPS) is 18.2. The Hall–Kier alpha value is -2.57. The molecule has 1 N–H and O–H groups in total. The van der Waals surface area contributed by atoms with Crippen LogP contribution in [-0.4, -0.2) is 46.7 Å². The van der Waals surface area contributed by atoms with Gasteiger partial charge in [-0.1, -0.05) is 12.1 Å². The summed E-state index contributed by atoms with van der Waals surface area (Å²) in [5.41, 5.74) is 3.25. The molecule has 1 saturated heterocycles. The van der Waals surface area contributed by atoms with Crippen molar-refractivity contribution in [2.45, 2.75) is 19.5 Å². The number of morpholine rings is 1. The Morgan fingerprint density at radius 3 is 3.04 bits per heavy atom. The summed E-state index contributed by atoms with van der Waals surface area (Å²) in [6.07, 6.45) is 1.83. The van der Waals surface area contributed by atoms with Crippen molar-refractivity contribution in [3.63, 3.8) is 0 Å². The van der Waals surface area contributed by atoms with Crippen LogP contribution in [0.2, 0.25) is 0 Å². The van der Waals surface area contributed by atoms with Crippen molar-refractivity contribution >= 4 is 16.7 Å². The number of hydrogen-bond donors (Lipinski definition) is 1. The van der Waals surface area contributed by atoms with Crippen LogP contribution in [0.15, 0.2) is 42.6 Å². The number of aryl methyl sites for hydroxylation is 1. The second-order valence-corrected chi connectivity index (χ2v) is 6.59. The van der Waals surface area contributed by atoms with Crippen LogP contribution in [-0.2, 0) is 11.3 Å². The van der Waals surface area contributed by atoms with Gasteiger partial charge < -0.3 is 10.1 Å². The number of pyridine rings is 1. The summed E-state index contributed by atoms with van der Waals surface area (Å²) in [5.74, 6) is 1.66. The van der Waals surface area contributed by atoms with E-state index in [9.17, 15) is 0 Å². The average Bonchev–Trinajstić information content (AvgIpc) is 2.68. The first-order valence-corrected chi connectivity index (χ1v) is 8.92. The Morgan fingerprint density at radius 2 is 2.15 bits per heavy atom. The monoisotopic (exact) mass is 349 g/mol. The van der Waals surface area contributed by atoms with Gasteiger partial charge in [0, 0.05) is 43.5 Å². The Labute approximate surface area is 153 Å². The van der Waals surface area contributed by atoms with Gasteiger partial charge in [0.15, 0.2) is 0 Å². The van der Waals surface area contributed by atoms with Crippen LogP contribution in [0.4, 0.5) is 5.82 Å². The molecule has 0 saturated carbocycles. The van der Waals surface area contributed by atoms with Gasteiger partial charge in [-0.15, -0.1) is 0 Å². The molecule has 0 amide bonds. The lowest BCUT2D eigenvalue weighted by atomic mass is 10.1. The van der Waals surface area contributed by atoms with Crippen LogP contribution >= 0.6 is 0 Å². The van der Waals surface area contributed by atoms with Crippen LogP contribution in [0, 0.1) is 6.92 Å². The van der Waals surface area contributed by atoms with E-state index in [4.69, 9.17) is 4.74 Å². The van der Waals surface area contributed by atoms with Gasteiger partial charge in [0.25, 0.3) is 0 Å². The zero-order valence-corrected chi connectivity index (χ0v) is 15.1. The molecule has 0 bridgehead atoms. The second-order valence-electron chi connectivity index (χ2n) is 6.59. The first-order chi connectivity index (χ1) is 12.7. The maximum absolute atomic E-state index is 5.74. The van der Waals surface area contributed by atoms with Crippen molar-refractivity contribution in [1.29, 1.82) is 0 Å². The number of rotatable bonds is 4. The predicted octanol–water partition coefficient (Wildman–Crippen LogP) is 2.95. The molecule has 3 aromatic rings. The molecule has 1 aliphatic rings. The molecule has 1 atom stereocenters. The van der Waals surface area contributed by atoms with Crippen LogP contribution in [0.3, 0.4) is 0 Å². The molecule has 0 unspecified atom stereocenters. The molecule has 6 nitrogen and oxygen atoms in total. The third-order valence-electron chi connectivity index (χ3n) is 4.72. The molecule has 6 heteroatoms. The largest absolute Gasteiger partial charge is 0.378 e. The third kappa shape index (κ3) is 3.52. The summed E-state index contributed by atoms with van der Waals surface area (Å²) in [6, 6.07) is 12.5. The smallest absolute Gasteiger partial charge is 0.150 e. The first-order valence-electron chi connectivity index (χ1n) is 8.92. The number of nitrogens with zero attached hydrogens (tertiary/aromatic N) is 4. The fraction of sp³-hybridized carbons (Fsp3) is 0.350. The Kier molecular flexibility index (Phi) is 4.77. The molecule has 0 aliphatic carbocycles. The van der Waals surface area contributed by atoms with E-state index in [1.165, 1.54) is 10.9 Å². The highest BCUT2D eigenvalue weighted by molar-refractivity contribution is 5.78. The van der Waals surface area contributed by atoms with E-state index in [2.05, 4.69) is 49.4 Å². The molecule has 2 aromatic heterocycles. The van der Waals surface area contributed by atoms with Gasteiger partial charge >= 0.3 is 0 Å². The second kappa shape index (κ2) is 7.35. The number of hydrogen-bond acceptors (Lipinski definition) is 6. The molecule has 4 rings (SSSR count). The van der Waals surface area contributed by atoms with E-state index >= 15 is 0 Å². The van der Waals surface area contributed by atoms with Crippen molar-refractivity contribution < 1.29 is 4.74 Å². The maximum atomic E-state index is 5.74. The molecular weight excluding hydrogens is 326 g/mol. The summed E-state index contributed by atoms with van der Waals surface area (Å²) < 4.78 is 5.74. The maximum Gasteiger partial charge on any atom is 0.150 e. The first kappa shape index (κ1) is 16.9. The zero-order valence-electron chi connectivity index (χ0n) is 15.1. The fourth-order valence-corrected chi connectivity index (χ4v) is 3.39.